The standard InChI is InChI=1S/C20H28N2O4/c23-19(24)14-6-10-17(11-7-14)26-18-12-8-16(9-13-18)22-20(25)21-15-4-2-1-3-5-15/h6-7,10-11,15-16,18H,1-5,8-9,12-13H2,(H,23,24)(H2,21,22,25). The predicted molar refractivity (Wildman–Crippen MR) is 98.6 cm³/mol. The molecule has 1 aromatic carbocycles. The number of amides is 2. The zero-order valence-electron chi connectivity index (χ0n) is 15.1. The van der Waals surface area contributed by atoms with E-state index in [0.29, 0.717) is 11.8 Å². The number of carboxylic acid groups (broad SMARTS) is 1. The van der Waals surface area contributed by atoms with Crippen LogP contribution in [-0.4, -0.2) is 35.3 Å². The normalized spacial score (nSPS) is 23.8. The lowest BCUT2D eigenvalue weighted by atomic mass is 9.93. The molecule has 3 N–H and O–H groups in total. The van der Waals surface area contributed by atoms with E-state index in [1.807, 2.05) is 0 Å². The average Bonchev–Trinajstić information content (AvgIpc) is 2.64. The molecule has 0 heterocycles. The molecule has 3 rings (SSSR count). The Bertz CT molecular complexity index is 603. The molecule has 0 atom stereocenters. The van der Waals surface area contributed by atoms with Gasteiger partial charge in [0.25, 0.3) is 0 Å². The summed E-state index contributed by atoms with van der Waals surface area (Å²) in [5.74, 6) is -0.240. The third-order valence-electron chi connectivity index (χ3n) is 5.35. The van der Waals surface area contributed by atoms with Crippen LogP contribution in [0, 0.1) is 0 Å². The van der Waals surface area contributed by atoms with Gasteiger partial charge in [0.15, 0.2) is 0 Å². The SMILES string of the molecule is O=C(NC1CCCCC1)NC1CCC(Oc2ccc(C(=O)O)cc2)CC1. The van der Waals surface area contributed by atoms with Gasteiger partial charge in [-0.25, -0.2) is 9.59 Å². The van der Waals surface area contributed by atoms with Crippen LogP contribution in [0.25, 0.3) is 0 Å². The second-order valence-corrected chi connectivity index (χ2v) is 7.37. The van der Waals surface area contributed by atoms with Crippen molar-refractivity contribution in [2.45, 2.75) is 76.0 Å². The van der Waals surface area contributed by atoms with Crippen LogP contribution in [0.5, 0.6) is 5.75 Å². The lowest BCUT2D eigenvalue weighted by molar-refractivity contribution is 0.0696. The van der Waals surface area contributed by atoms with Gasteiger partial charge in [0.2, 0.25) is 0 Å². The Labute approximate surface area is 154 Å². The molecule has 2 aliphatic rings. The Morgan fingerprint density at radius 1 is 0.846 bits per heavy atom. The van der Waals surface area contributed by atoms with Crippen molar-refractivity contribution in [2.75, 3.05) is 0 Å². The molecule has 0 saturated heterocycles. The van der Waals surface area contributed by atoms with E-state index in [1.165, 1.54) is 19.3 Å². The first-order chi connectivity index (χ1) is 12.6. The fourth-order valence-corrected chi connectivity index (χ4v) is 3.85. The van der Waals surface area contributed by atoms with E-state index in [2.05, 4.69) is 10.6 Å². The maximum Gasteiger partial charge on any atom is 0.335 e. The van der Waals surface area contributed by atoms with Crippen molar-refractivity contribution in [1.29, 1.82) is 0 Å². The molecule has 2 fully saturated rings. The number of benzene rings is 1. The smallest absolute Gasteiger partial charge is 0.335 e. The molecule has 0 aliphatic heterocycles. The molecule has 1 aromatic rings. The van der Waals surface area contributed by atoms with Gasteiger partial charge in [-0.2, -0.15) is 0 Å². The van der Waals surface area contributed by atoms with Crippen LogP contribution in [0.15, 0.2) is 24.3 Å². The Morgan fingerprint density at radius 3 is 2.00 bits per heavy atom. The summed E-state index contributed by atoms with van der Waals surface area (Å²) in [6.45, 7) is 0. The Morgan fingerprint density at radius 2 is 1.42 bits per heavy atom. The molecule has 0 aromatic heterocycles. The summed E-state index contributed by atoms with van der Waals surface area (Å²) in [5.41, 5.74) is 0.259. The first kappa shape index (κ1) is 18.5. The highest BCUT2D eigenvalue weighted by molar-refractivity contribution is 5.87. The molecule has 0 spiro atoms. The summed E-state index contributed by atoms with van der Waals surface area (Å²) >= 11 is 0. The zero-order valence-corrected chi connectivity index (χ0v) is 15.1. The molecule has 2 aliphatic carbocycles. The van der Waals surface area contributed by atoms with Gasteiger partial charge in [0.05, 0.1) is 11.7 Å². The predicted octanol–water partition coefficient (Wildman–Crippen LogP) is 3.71. The van der Waals surface area contributed by atoms with Gasteiger partial charge in [-0.3, -0.25) is 0 Å². The van der Waals surface area contributed by atoms with Gasteiger partial charge in [0.1, 0.15) is 5.75 Å². The second-order valence-electron chi connectivity index (χ2n) is 7.37. The maximum atomic E-state index is 12.1. The van der Waals surface area contributed by atoms with Crippen LogP contribution in [0.4, 0.5) is 4.79 Å². The van der Waals surface area contributed by atoms with Crippen LogP contribution < -0.4 is 15.4 Å². The first-order valence-corrected chi connectivity index (χ1v) is 9.67. The molecule has 0 bridgehead atoms. The number of urea groups is 1. The molecule has 6 nitrogen and oxygen atoms in total. The number of rotatable bonds is 5. The van der Waals surface area contributed by atoms with Crippen molar-refractivity contribution in [1.82, 2.24) is 10.6 Å². The Kier molecular flexibility index (Phi) is 6.36. The van der Waals surface area contributed by atoms with Gasteiger partial charge < -0.3 is 20.5 Å². The first-order valence-electron chi connectivity index (χ1n) is 9.67. The van der Waals surface area contributed by atoms with Gasteiger partial charge in [-0.1, -0.05) is 19.3 Å². The average molecular weight is 360 g/mol. The van der Waals surface area contributed by atoms with E-state index >= 15 is 0 Å². The summed E-state index contributed by atoms with van der Waals surface area (Å²) in [6, 6.07) is 7.01. The molecule has 142 valence electrons. The number of hydrogen-bond donors (Lipinski definition) is 3. The highest BCUT2D eigenvalue weighted by atomic mass is 16.5. The van der Waals surface area contributed by atoms with E-state index in [9.17, 15) is 9.59 Å². The summed E-state index contributed by atoms with van der Waals surface area (Å²) in [5, 5.41) is 15.1. The lowest BCUT2D eigenvalue weighted by Crippen LogP contribution is -2.48. The largest absolute Gasteiger partial charge is 0.490 e. The molecule has 0 unspecified atom stereocenters. The van der Waals surface area contributed by atoms with Gasteiger partial charge in [-0.05, 0) is 62.8 Å². The minimum absolute atomic E-state index is 0.0365. The summed E-state index contributed by atoms with van der Waals surface area (Å²) in [7, 11) is 0. The molecule has 6 heteroatoms. The quantitative estimate of drug-likeness (QED) is 0.747. The van der Waals surface area contributed by atoms with Crippen molar-refractivity contribution in [3.05, 3.63) is 29.8 Å². The van der Waals surface area contributed by atoms with Gasteiger partial charge in [-0.15, -0.1) is 0 Å². The minimum Gasteiger partial charge on any atom is -0.490 e. The third-order valence-corrected chi connectivity index (χ3v) is 5.35. The number of hydrogen-bond acceptors (Lipinski definition) is 3. The Hall–Kier alpha value is -2.24. The summed E-state index contributed by atoms with van der Waals surface area (Å²) in [4.78, 5) is 23.0. The monoisotopic (exact) mass is 360 g/mol. The van der Waals surface area contributed by atoms with Crippen molar-refractivity contribution < 1.29 is 19.4 Å². The van der Waals surface area contributed by atoms with Crippen molar-refractivity contribution in [3.8, 4) is 5.75 Å². The minimum atomic E-state index is -0.936. The number of carbonyl (C=O) groups excluding carboxylic acids is 1. The van der Waals surface area contributed by atoms with Gasteiger partial charge >= 0.3 is 12.0 Å². The van der Waals surface area contributed by atoms with Crippen molar-refractivity contribution >= 4 is 12.0 Å². The third kappa shape index (κ3) is 5.38. The second kappa shape index (κ2) is 8.92. The fraction of sp³-hybridized carbons (Fsp3) is 0.600. The highest BCUT2D eigenvalue weighted by Crippen LogP contribution is 2.24. The molecular weight excluding hydrogens is 332 g/mol. The van der Waals surface area contributed by atoms with Crippen LogP contribution >= 0.6 is 0 Å². The number of nitrogens with one attached hydrogen (secondary N) is 2. The van der Waals surface area contributed by atoms with Crippen LogP contribution in [0.2, 0.25) is 0 Å². The van der Waals surface area contributed by atoms with Crippen molar-refractivity contribution in [2.24, 2.45) is 0 Å². The molecule has 26 heavy (non-hydrogen) atoms. The van der Waals surface area contributed by atoms with Crippen LogP contribution in [0.1, 0.15) is 68.1 Å². The number of carboxylic acids is 1. The molecule has 2 amide bonds. The molecular formula is C20H28N2O4. The van der Waals surface area contributed by atoms with E-state index < -0.39 is 5.97 Å². The molecule has 0 radical (unpaired) electrons. The molecule has 2 saturated carbocycles. The lowest BCUT2D eigenvalue weighted by Gasteiger charge is -2.30. The Balaban J connectivity index is 1.38. The van der Waals surface area contributed by atoms with Crippen LogP contribution in [0.3, 0.4) is 0 Å². The van der Waals surface area contributed by atoms with E-state index in [4.69, 9.17) is 9.84 Å². The number of carbonyl (C=O) groups is 2. The van der Waals surface area contributed by atoms with Crippen molar-refractivity contribution in [3.63, 3.8) is 0 Å². The number of aromatic carboxylic acids is 1. The zero-order chi connectivity index (χ0) is 18.4. The fourth-order valence-electron chi connectivity index (χ4n) is 3.85. The topological polar surface area (TPSA) is 87.7 Å². The van der Waals surface area contributed by atoms with Gasteiger partial charge in [0, 0.05) is 12.1 Å². The summed E-state index contributed by atoms with van der Waals surface area (Å²) < 4.78 is 5.94. The van der Waals surface area contributed by atoms with E-state index in [1.54, 1.807) is 24.3 Å². The highest BCUT2D eigenvalue weighted by Gasteiger charge is 2.24. The van der Waals surface area contributed by atoms with E-state index in [-0.39, 0.29) is 23.7 Å². The number of ether oxygens (including phenoxy) is 1. The maximum absolute atomic E-state index is 12.1. The summed E-state index contributed by atoms with van der Waals surface area (Å²) in [6.07, 6.45) is 9.56. The van der Waals surface area contributed by atoms with Crippen LogP contribution in [-0.2, 0) is 0 Å². The van der Waals surface area contributed by atoms with E-state index in [0.717, 1.165) is 38.5 Å².